The van der Waals surface area contributed by atoms with Gasteiger partial charge in [0, 0.05) is 30.9 Å². The molecule has 0 saturated heterocycles. The predicted molar refractivity (Wildman–Crippen MR) is 79.0 cm³/mol. The summed E-state index contributed by atoms with van der Waals surface area (Å²) < 4.78 is 28.1. The highest BCUT2D eigenvalue weighted by atomic mass is 32.2. The van der Waals surface area contributed by atoms with E-state index in [4.69, 9.17) is 5.11 Å². The summed E-state index contributed by atoms with van der Waals surface area (Å²) in [6.45, 7) is 1.68. The minimum Gasteiger partial charge on any atom is -0.390 e. The smallest absolute Gasteiger partial charge is 0.244 e. The highest BCUT2D eigenvalue weighted by molar-refractivity contribution is 7.89. The maximum Gasteiger partial charge on any atom is 0.244 e. The largest absolute Gasteiger partial charge is 0.390 e. The average molecular weight is 314 g/mol. The van der Waals surface area contributed by atoms with Gasteiger partial charge < -0.3 is 9.67 Å². The zero-order valence-electron chi connectivity index (χ0n) is 11.6. The Labute approximate surface area is 123 Å². The molecule has 0 aliphatic rings. The number of aliphatic hydroxyl groups is 1. The van der Waals surface area contributed by atoms with Gasteiger partial charge in [0.1, 0.15) is 4.90 Å². The first-order valence-corrected chi connectivity index (χ1v) is 8.47. The molecule has 0 aromatic carbocycles. The van der Waals surface area contributed by atoms with Crippen LogP contribution in [0.15, 0.2) is 34.7 Å². The molecule has 7 heteroatoms. The van der Waals surface area contributed by atoms with Crippen LogP contribution in [0.2, 0.25) is 0 Å². The van der Waals surface area contributed by atoms with E-state index in [1.54, 1.807) is 18.7 Å². The van der Waals surface area contributed by atoms with Crippen molar-refractivity contribution in [1.29, 1.82) is 0 Å². The molecule has 2 rings (SSSR count). The third kappa shape index (κ3) is 2.67. The zero-order chi connectivity index (χ0) is 14.9. The summed E-state index contributed by atoms with van der Waals surface area (Å²) in [4.78, 5) is 1.20. The fourth-order valence-electron chi connectivity index (χ4n) is 1.96. The molecule has 2 aromatic rings. The molecule has 0 aliphatic carbocycles. The monoisotopic (exact) mass is 314 g/mol. The molecule has 0 amide bonds. The van der Waals surface area contributed by atoms with E-state index >= 15 is 0 Å². The second-order valence-electron chi connectivity index (χ2n) is 4.65. The summed E-state index contributed by atoms with van der Waals surface area (Å²) in [7, 11) is -0.278. The van der Waals surface area contributed by atoms with Crippen molar-refractivity contribution in [2.45, 2.75) is 24.5 Å². The fourth-order valence-corrected chi connectivity index (χ4v) is 4.29. The second kappa shape index (κ2) is 5.69. The molecule has 5 nitrogen and oxygen atoms in total. The number of sulfonamides is 1. The van der Waals surface area contributed by atoms with Gasteiger partial charge in [-0.2, -0.15) is 4.31 Å². The number of aryl methyl sites for hydroxylation is 1. The molecule has 1 atom stereocenters. The lowest BCUT2D eigenvalue weighted by atomic mass is 10.3. The Hall–Kier alpha value is -1.15. The standard InChI is InChI=1S/C13H18N2O3S2/c1-10(13-5-4-6-19-13)15(3)20(17,18)12-7-11(9-16)14(2)8-12/h4-8,10,16H,9H2,1-3H3. The lowest BCUT2D eigenvalue weighted by Crippen LogP contribution is -2.29. The molecule has 0 radical (unpaired) electrons. The number of aliphatic hydroxyl groups excluding tert-OH is 1. The number of hydrogen-bond acceptors (Lipinski definition) is 4. The molecule has 0 spiro atoms. The highest BCUT2D eigenvalue weighted by Crippen LogP contribution is 2.29. The normalized spacial score (nSPS) is 13.8. The van der Waals surface area contributed by atoms with Gasteiger partial charge >= 0.3 is 0 Å². The van der Waals surface area contributed by atoms with Crippen LogP contribution in [-0.2, 0) is 23.7 Å². The average Bonchev–Trinajstić information content (AvgIpc) is 3.05. The lowest BCUT2D eigenvalue weighted by Gasteiger charge is -2.22. The van der Waals surface area contributed by atoms with E-state index < -0.39 is 10.0 Å². The van der Waals surface area contributed by atoms with Crippen molar-refractivity contribution in [1.82, 2.24) is 8.87 Å². The molecule has 110 valence electrons. The maximum absolute atomic E-state index is 12.6. The number of hydrogen-bond donors (Lipinski definition) is 1. The molecule has 0 aliphatic heterocycles. The molecule has 2 heterocycles. The van der Waals surface area contributed by atoms with Crippen molar-refractivity contribution in [3.63, 3.8) is 0 Å². The van der Waals surface area contributed by atoms with Gasteiger partial charge in [-0.3, -0.25) is 0 Å². The molecule has 1 unspecified atom stereocenters. The second-order valence-corrected chi connectivity index (χ2v) is 7.63. The third-order valence-electron chi connectivity index (χ3n) is 3.42. The van der Waals surface area contributed by atoms with E-state index in [1.165, 1.54) is 27.9 Å². The van der Waals surface area contributed by atoms with Crippen LogP contribution in [0.4, 0.5) is 0 Å². The van der Waals surface area contributed by atoms with E-state index in [9.17, 15) is 8.42 Å². The van der Waals surface area contributed by atoms with Gasteiger partial charge in [-0.25, -0.2) is 8.42 Å². The molecule has 0 fully saturated rings. The Balaban J connectivity index is 2.34. The van der Waals surface area contributed by atoms with Crippen LogP contribution in [0.25, 0.3) is 0 Å². The van der Waals surface area contributed by atoms with Crippen LogP contribution >= 0.6 is 11.3 Å². The van der Waals surface area contributed by atoms with Crippen molar-refractivity contribution in [2.24, 2.45) is 7.05 Å². The SMILES string of the molecule is CC(c1cccs1)N(C)S(=O)(=O)c1cc(CO)n(C)c1. The fraction of sp³-hybridized carbons (Fsp3) is 0.385. The topological polar surface area (TPSA) is 62.5 Å². The van der Waals surface area contributed by atoms with Crippen molar-refractivity contribution >= 4 is 21.4 Å². The first-order valence-electron chi connectivity index (χ1n) is 6.15. The maximum atomic E-state index is 12.6. The number of thiophene rings is 1. The summed E-state index contributed by atoms with van der Waals surface area (Å²) in [6, 6.07) is 5.11. The molecule has 0 bridgehead atoms. The van der Waals surface area contributed by atoms with Gasteiger partial charge in [-0.1, -0.05) is 6.07 Å². The Kier molecular flexibility index (Phi) is 4.33. The number of rotatable bonds is 5. The Morgan fingerprint density at radius 2 is 2.20 bits per heavy atom. The lowest BCUT2D eigenvalue weighted by molar-refractivity contribution is 0.272. The third-order valence-corrected chi connectivity index (χ3v) is 6.36. The summed E-state index contributed by atoms with van der Waals surface area (Å²) in [5, 5.41) is 11.1. The number of nitrogens with zero attached hydrogens (tertiary/aromatic N) is 2. The quantitative estimate of drug-likeness (QED) is 0.917. The number of aromatic nitrogens is 1. The molecular weight excluding hydrogens is 296 g/mol. The van der Waals surface area contributed by atoms with Gasteiger partial charge in [-0.05, 0) is 24.4 Å². The Bertz CT molecular complexity index is 675. The summed E-state index contributed by atoms with van der Waals surface area (Å²) in [5.41, 5.74) is 0.570. The first kappa shape index (κ1) is 15.2. The van der Waals surface area contributed by atoms with Gasteiger partial charge in [0.05, 0.1) is 12.6 Å². The van der Waals surface area contributed by atoms with Crippen LogP contribution in [0.1, 0.15) is 23.5 Å². The van der Waals surface area contributed by atoms with Crippen molar-refractivity contribution in [3.05, 3.63) is 40.3 Å². The molecule has 20 heavy (non-hydrogen) atoms. The van der Waals surface area contributed by atoms with E-state index in [-0.39, 0.29) is 17.5 Å². The van der Waals surface area contributed by atoms with E-state index in [0.717, 1.165) is 4.88 Å². The molecular formula is C13H18N2O3S2. The van der Waals surface area contributed by atoms with Gasteiger partial charge in [-0.15, -0.1) is 11.3 Å². The molecule has 1 N–H and O–H groups in total. The van der Waals surface area contributed by atoms with Crippen molar-refractivity contribution < 1.29 is 13.5 Å². The minimum absolute atomic E-state index is 0.184. The first-order chi connectivity index (χ1) is 9.37. The summed E-state index contributed by atoms with van der Waals surface area (Å²) in [6.07, 6.45) is 1.53. The molecule has 2 aromatic heterocycles. The van der Waals surface area contributed by atoms with E-state index in [2.05, 4.69) is 0 Å². The Morgan fingerprint density at radius 3 is 2.70 bits per heavy atom. The van der Waals surface area contributed by atoms with E-state index in [0.29, 0.717) is 5.69 Å². The summed E-state index contributed by atoms with van der Waals surface area (Å²) in [5.74, 6) is 0. The van der Waals surface area contributed by atoms with E-state index in [1.807, 2.05) is 24.4 Å². The van der Waals surface area contributed by atoms with Crippen LogP contribution in [0.5, 0.6) is 0 Å². The van der Waals surface area contributed by atoms with Gasteiger partial charge in [0.2, 0.25) is 10.0 Å². The van der Waals surface area contributed by atoms with Gasteiger partial charge in [0.25, 0.3) is 0 Å². The van der Waals surface area contributed by atoms with Crippen molar-refractivity contribution in [2.75, 3.05) is 7.05 Å². The van der Waals surface area contributed by atoms with Gasteiger partial charge in [0.15, 0.2) is 0 Å². The van der Waals surface area contributed by atoms with Crippen LogP contribution < -0.4 is 0 Å². The zero-order valence-corrected chi connectivity index (χ0v) is 13.3. The minimum atomic E-state index is -3.57. The van der Waals surface area contributed by atoms with Crippen LogP contribution in [-0.4, -0.2) is 29.4 Å². The van der Waals surface area contributed by atoms with Crippen LogP contribution in [0.3, 0.4) is 0 Å². The summed E-state index contributed by atoms with van der Waals surface area (Å²) >= 11 is 1.53. The predicted octanol–water partition coefficient (Wildman–Crippen LogP) is 1.96. The van der Waals surface area contributed by atoms with Crippen molar-refractivity contribution in [3.8, 4) is 0 Å². The highest BCUT2D eigenvalue weighted by Gasteiger charge is 2.28. The molecule has 0 saturated carbocycles. The Morgan fingerprint density at radius 1 is 1.50 bits per heavy atom. The van der Waals surface area contributed by atoms with Crippen LogP contribution in [0, 0.1) is 0 Å².